The Balaban J connectivity index is 1.11. The van der Waals surface area contributed by atoms with E-state index in [-0.39, 0.29) is 16.2 Å². The Morgan fingerprint density at radius 1 is 0.462 bits per heavy atom. The van der Waals surface area contributed by atoms with E-state index < -0.39 is 18.0 Å². The number of hydrogen-bond donors (Lipinski definition) is 0. The topological polar surface area (TPSA) is 20.8 Å². The molecule has 1 atom stereocenters. The molecule has 0 N–H and O–H groups in total. The van der Waals surface area contributed by atoms with Crippen molar-refractivity contribution in [3.05, 3.63) is 173 Å². The third-order valence-corrected chi connectivity index (χ3v) is 23.4. The van der Waals surface area contributed by atoms with Crippen LogP contribution in [0.2, 0.25) is 0 Å². The molecule has 13 rings (SSSR count). The summed E-state index contributed by atoms with van der Waals surface area (Å²) in [6.45, 7) is 21.1. The summed E-state index contributed by atoms with van der Waals surface area (Å²) in [5.74, 6) is 0. The standard InChI is InChI=1S/C61H53IN2O/c1-59(2,3)35-23-26-52-44(27-35)48-30-37(61(7,8)9)31-49-45-33-51-43(34-54(45)64(52)57(48)49)47-29-36(60(4,5)6)28-46-40-25-24-39(32-50(40)62(51,10)56(46)47)63(38-17-12-11-13-18-38)53-21-16-20-42-41-19-14-15-22-55(41)65-58(42)53/h11-34H,10H2,1-9H3. The maximum absolute atomic E-state index is 6.73. The van der Waals surface area contributed by atoms with Crippen LogP contribution in [0.1, 0.15) is 79.0 Å². The van der Waals surface area contributed by atoms with Gasteiger partial charge in [0, 0.05) is 0 Å². The van der Waals surface area contributed by atoms with Gasteiger partial charge in [0.25, 0.3) is 0 Å². The summed E-state index contributed by atoms with van der Waals surface area (Å²) in [7, 11) is 0. The molecule has 2 aliphatic rings. The van der Waals surface area contributed by atoms with E-state index >= 15 is 0 Å². The van der Waals surface area contributed by atoms with Gasteiger partial charge in [-0.05, 0) is 0 Å². The number of nitrogens with zero attached hydrogens (tertiary/aromatic N) is 2. The van der Waals surface area contributed by atoms with Crippen LogP contribution in [0.25, 0.3) is 82.3 Å². The molecule has 5 heterocycles. The molecule has 0 saturated heterocycles. The van der Waals surface area contributed by atoms with E-state index in [9.17, 15) is 0 Å². The van der Waals surface area contributed by atoms with E-state index in [1.165, 1.54) is 87.7 Å². The van der Waals surface area contributed by atoms with Crippen LogP contribution in [0.4, 0.5) is 17.1 Å². The predicted octanol–water partition coefficient (Wildman–Crippen LogP) is 17.4. The first-order valence-electron chi connectivity index (χ1n) is 23.0. The zero-order valence-electron chi connectivity index (χ0n) is 38.7. The average Bonchev–Trinajstić information content (AvgIpc) is 4.04. The molecule has 8 aromatic carbocycles. The van der Waals surface area contributed by atoms with Crippen molar-refractivity contribution in [2.45, 2.75) is 78.6 Å². The van der Waals surface area contributed by atoms with Gasteiger partial charge in [-0.1, -0.05) is 0 Å². The second kappa shape index (κ2) is 12.8. The van der Waals surface area contributed by atoms with Crippen LogP contribution in [0.15, 0.2) is 150 Å². The van der Waals surface area contributed by atoms with E-state index in [1.807, 2.05) is 0 Å². The molecular weight excluding hydrogens is 904 g/mol. The van der Waals surface area contributed by atoms with Gasteiger partial charge in [0.05, 0.1) is 0 Å². The van der Waals surface area contributed by atoms with Gasteiger partial charge in [-0.15, -0.1) is 0 Å². The van der Waals surface area contributed by atoms with Crippen molar-refractivity contribution in [2.75, 3.05) is 4.90 Å². The van der Waals surface area contributed by atoms with Crippen LogP contribution in [0.3, 0.4) is 0 Å². The first kappa shape index (κ1) is 39.2. The molecule has 4 heteroatoms. The van der Waals surface area contributed by atoms with Gasteiger partial charge in [-0.3, -0.25) is 0 Å². The SMILES string of the molecule is C=I12c3cc(N(c4ccccc4)c4cccc5c4oc4ccccc45)ccc3-c3cc(C(C)(C)C)cc(c31)-c1cc3c(cc12)c1cc(C(C)(C)C)cc2c4cc(C(C)(C)C)ccc4n3c21. The number of aromatic nitrogens is 1. The zero-order valence-corrected chi connectivity index (χ0v) is 40.9. The van der Waals surface area contributed by atoms with Gasteiger partial charge < -0.3 is 0 Å². The molecule has 2 aliphatic heterocycles. The number of rotatable bonds is 3. The second-order valence-electron chi connectivity index (χ2n) is 21.7. The van der Waals surface area contributed by atoms with Crippen LogP contribution >= 0.6 is 18.0 Å². The summed E-state index contributed by atoms with van der Waals surface area (Å²) in [5.41, 5.74) is 18.5. The van der Waals surface area contributed by atoms with Gasteiger partial charge in [0.2, 0.25) is 0 Å². The Labute approximate surface area is 384 Å². The van der Waals surface area contributed by atoms with Crippen LogP contribution in [-0.2, 0) is 16.2 Å². The molecule has 65 heavy (non-hydrogen) atoms. The molecule has 0 saturated carbocycles. The Bertz CT molecular complexity index is 3920. The number of furan rings is 1. The molecule has 0 bridgehead atoms. The van der Waals surface area contributed by atoms with E-state index in [4.69, 9.17) is 8.93 Å². The monoisotopic (exact) mass is 956 g/mol. The average molecular weight is 957 g/mol. The Hall–Kier alpha value is -6.24. The van der Waals surface area contributed by atoms with Gasteiger partial charge >= 0.3 is 387 Å². The van der Waals surface area contributed by atoms with E-state index in [2.05, 4.69) is 217 Å². The van der Waals surface area contributed by atoms with Crippen molar-refractivity contribution in [3.8, 4) is 22.3 Å². The third-order valence-electron chi connectivity index (χ3n) is 14.6. The third kappa shape index (κ3) is 5.26. The number of para-hydroxylation sites is 3. The first-order chi connectivity index (χ1) is 31.0. The first-order valence-corrected chi connectivity index (χ1v) is 27.8. The fourth-order valence-electron chi connectivity index (χ4n) is 11.1. The number of benzene rings is 8. The molecule has 0 fully saturated rings. The minimum absolute atomic E-state index is 0.0161. The fourth-order valence-corrected chi connectivity index (χ4v) is 20.3. The summed E-state index contributed by atoms with van der Waals surface area (Å²) in [6.07, 6.45) is 0. The fraction of sp³-hybridized carbons (Fsp3) is 0.197. The van der Waals surface area contributed by atoms with Crippen molar-refractivity contribution >= 4 is 99.6 Å². The molecule has 0 radical (unpaired) electrons. The number of halogens is 1. The van der Waals surface area contributed by atoms with Crippen molar-refractivity contribution in [1.82, 2.24) is 4.40 Å². The van der Waals surface area contributed by atoms with Crippen molar-refractivity contribution < 1.29 is 4.42 Å². The Morgan fingerprint density at radius 2 is 1.08 bits per heavy atom. The number of anilines is 3. The van der Waals surface area contributed by atoms with Crippen molar-refractivity contribution in [2.24, 2.45) is 0 Å². The van der Waals surface area contributed by atoms with Gasteiger partial charge in [0.1, 0.15) is 0 Å². The van der Waals surface area contributed by atoms with Crippen molar-refractivity contribution in [3.63, 3.8) is 0 Å². The summed E-state index contributed by atoms with van der Waals surface area (Å²) >= 11 is -3.47. The molecule has 0 spiro atoms. The van der Waals surface area contributed by atoms with Crippen LogP contribution in [-0.4, -0.2) is 8.92 Å². The van der Waals surface area contributed by atoms with E-state index in [0.717, 1.165) is 39.0 Å². The summed E-state index contributed by atoms with van der Waals surface area (Å²) in [5, 5.41) is 7.62. The predicted molar refractivity (Wildman–Crippen MR) is 287 cm³/mol. The Morgan fingerprint density at radius 3 is 1.80 bits per heavy atom. The molecule has 320 valence electrons. The molecule has 1 unspecified atom stereocenters. The van der Waals surface area contributed by atoms with Gasteiger partial charge in [-0.2, -0.15) is 0 Å². The summed E-state index contributed by atoms with van der Waals surface area (Å²) in [4.78, 5) is 2.40. The second-order valence-corrected chi connectivity index (χ2v) is 29.1. The van der Waals surface area contributed by atoms with E-state index in [0.29, 0.717) is 0 Å². The van der Waals surface area contributed by atoms with Crippen LogP contribution in [0, 0.1) is 10.7 Å². The number of hydrogen-bond acceptors (Lipinski definition) is 2. The molecule has 11 aromatic rings. The summed E-state index contributed by atoms with van der Waals surface area (Å²) < 4.78 is 19.3. The molecule has 3 nitrogen and oxygen atoms in total. The normalized spacial score (nSPS) is 16.9. The number of fused-ring (bicyclic) bond motifs is 15. The minimum atomic E-state index is -3.47. The van der Waals surface area contributed by atoms with E-state index in [1.54, 1.807) is 0 Å². The quantitative estimate of drug-likeness (QED) is 0.165. The maximum atomic E-state index is 6.73. The summed E-state index contributed by atoms with van der Waals surface area (Å²) in [6, 6.07) is 55.4. The molecule has 3 aromatic heterocycles. The van der Waals surface area contributed by atoms with Gasteiger partial charge in [-0.25, -0.2) is 0 Å². The zero-order chi connectivity index (χ0) is 44.7. The molecule has 0 amide bonds. The van der Waals surface area contributed by atoms with Gasteiger partial charge in [0.15, 0.2) is 0 Å². The van der Waals surface area contributed by atoms with Crippen LogP contribution < -0.4 is 4.90 Å². The van der Waals surface area contributed by atoms with Crippen molar-refractivity contribution in [1.29, 1.82) is 0 Å². The Kier molecular flexibility index (Phi) is 7.69. The molecule has 0 aliphatic carbocycles. The molecular formula is C61H53IN2O. The van der Waals surface area contributed by atoms with Crippen LogP contribution in [0.5, 0.6) is 0 Å².